The Morgan fingerprint density at radius 1 is 1.56 bits per heavy atom. The number of hydrogen-bond donors (Lipinski definition) is 1. The highest BCUT2D eigenvalue weighted by Crippen LogP contribution is 2.25. The zero-order valence-corrected chi connectivity index (χ0v) is 9.27. The summed E-state index contributed by atoms with van der Waals surface area (Å²) in [5, 5.41) is 8.78. The minimum atomic E-state index is -0.908. The summed E-state index contributed by atoms with van der Waals surface area (Å²) < 4.78 is 5.50. The zero-order chi connectivity index (χ0) is 11.5. The van der Waals surface area contributed by atoms with Crippen LogP contribution in [0.3, 0.4) is 0 Å². The molecule has 1 aliphatic heterocycles. The molecule has 1 aromatic rings. The number of carbonyl (C=O) groups is 1. The highest BCUT2D eigenvalue weighted by atomic mass is 16.5. The topological polar surface area (TPSA) is 49.8 Å². The Kier molecular flexibility index (Phi) is 2.99. The summed E-state index contributed by atoms with van der Waals surface area (Å²) in [5.74, 6) is 0.938. The number of rotatable bonds is 2. The van der Waals surface area contributed by atoms with E-state index in [0.29, 0.717) is 6.54 Å². The number of nitrogens with zero attached hydrogens (tertiary/aromatic N) is 1. The molecule has 0 saturated carbocycles. The first-order valence-electron chi connectivity index (χ1n) is 5.35. The van der Waals surface area contributed by atoms with E-state index < -0.39 is 6.09 Å². The molecule has 86 valence electrons. The molecule has 4 nitrogen and oxygen atoms in total. The van der Waals surface area contributed by atoms with E-state index in [-0.39, 0.29) is 0 Å². The summed E-state index contributed by atoms with van der Waals surface area (Å²) in [7, 11) is 1.57. The van der Waals surface area contributed by atoms with Crippen molar-refractivity contribution in [2.24, 2.45) is 0 Å². The van der Waals surface area contributed by atoms with Crippen LogP contribution < -0.4 is 4.74 Å². The average Bonchev–Trinajstić information content (AvgIpc) is 2.28. The smallest absolute Gasteiger partial charge is 0.407 e. The van der Waals surface area contributed by atoms with Crippen molar-refractivity contribution in [2.75, 3.05) is 13.7 Å². The Bertz CT molecular complexity index is 403. The molecule has 0 bridgehead atoms. The second-order valence-electron chi connectivity index (χ2n) is 4.03. The number of hydrogen-bond acceptors (Lipinski definition) is 2. The van der Waals surface area contributed by atoms with E-state index in [9.17, 15) is 4.79 Å². The van der Waals surface area contributed by atoms with Gasteiger partial charge in [0.1, 0.15) is 5.75 Å². The second-order valence-corrected chi connectivity index (χ2v) is 4.03. The molecule has 0 aromatic heterocycles. The Hall–Kier alpha value is -1.71. The van der Waals surface area contributed by atoms with Crippen molar-refractivity contribution in [1.82, 2.24) is 4.90 Å². The molecule has 0 saturated heterocycles. The van der Waals surface area contributed by atoms with Crippen LogP contribution in [0, 0.1) is 0 Å². The van der Waals surface area contributed by atoms with Crippen LogP contribution in [0.2, 0.25) is 0 Å². The first kappa shape index (κ1) is 10.8. The molecular formula is C12H15NO3. The molecule has 1 aromatic carbocycles. The van der Waals surface area contributed by atoms with Gasteiger partial charge in [-0.3, -0.25) is 0 Å². The monoisotopic (exact) mass is 221 g/mol. The van der Waals surface area contributed by atoms with Crippen molar-refractivity contribution in [3.8, 4) is 5.75 Å². The molecule has 2 rings (SSSR count). The number of fused-ring (bicyclic) bond motifs is 1. The maximum atomic E-state index is 10.7. The SMILES string of the molecule is CN(Cc1ccc2c(c1)CCCO2)C(=O)O. The molecule has 16 heavy (non-hydrogen) atoms. The van der Waals surface area contributed by atoms with Crippen molar-refractivity contribution in [3.63, 3.8) is 0 Å². The van der Waals surface area contributed by atoms with Gasteiger partial charge in [0.2, 0.25) is 0 Å². The fraction of sp³-hybridized carbons (Fsp3) is 0.417. The van der Waals surface area contributed by atoms with Crippen molar-refractivity contribution in [3.05, 3.63) is 29.3 Å². The fourth-order valence-electron chi connectivity index (χ4n) is 1.85. The van der Waals surface area contributed by atoms with Gasteiger partial charge < -0.3 is 14.7 Å². The quantitative estimate of drug-likeness (QED) is 0.832. The van der Waals surface area contributed by atoms with Crippen molar-refractivity contribution < 1.29 is 14.6 Å². The van der Waals surface area contributed by atoms with Crippen LogP contribution in [-0.2, 0) is 13.0 Å². The van der Waals surface area contributed by atoms with Gasteiger partial charge in [-0.1, -0.05) is 12.1 Å². The van der Waals surface area contributed by atoms with Gasteiger partial charge in [-0.25, -0.2) is 4.79 Å². The van der Waals surface area contributed by atoms with E-state index in [1.165, 1.54) is 10.5 Å². The number of benzene rings is 1. The number of amides is 1. The highest BCUT2D eigenvalue weighted by Gasteiger charge is 2.12. The van der Waals surface area contributed by atoms with Crippen molar-refractivity contribution in [2.45, 2.75) is 19.4 Å². The summed E-state index contributed by atoms with van der Waals surface area (Å²) in [6, 6.07) is 5.89. The molecule has 0 fully saturated rings. The summed E-state index contributed by atoms with van der Waals surface area (Å²) in [5.41, 5.74) is 2.19. The van der Waals surface area contributed by atoms with Crippen LogP contribution in [-0.4, -0.2) is 29.8 Å². The predicted octanol–water partition coefficient (Wildman–Crippen LogP) is 2.12. The van der Waals surface area contributed by atoms with Crippen LogP contribution in [0.15, 0.2) is 18.2 Å². The number of ether oxygens (including phenoxy) is 1. The van der Waals surface area contributed by atoms with Crippen LogP contribution in [0.5, 0.6) is 5.75 Å². The van der Waals surface area contributed by atoms with Gasteiger partial charge in [0.15, 0.2) is 0 Å². The summed E-state index contributed by atoms with van der Waals surface area (Å²) in [6.07, 6.45) is 1.14. The third kappa shape index (κ3) is 2.27. The molecular weight excluding hydrogens is 206 g/mol. The van der Waals surface area contributed by atoms with Gasteiger partial charge in [0.25, 0.3) is 0 Å². The normalized spacial score (nSPS) is 13.8. The van der Waals surface area contributed by atoms with E-state index in [1.54, 1.807) is 7.05 Å². The molecule has 0 atom stereocenters. The van der Waals surface area contributed by atoms with Gasteiger partial charge in [-0.15, -0.1) is 0 Å². The van der Waals surface area contributed by atoms with E-state index >= 15 is 0 Å². The zero-order valence-electron chi connectivity index (χ0n) is 9.27. The number of carboxylic acid groups (broad SMARTS) is 1. The Balaban J connectivity index is 2.14. The maximum Gasteiger partial charge on any atom is 0.407 e. The minimum absolute atomic E-state index is 0.419. The fourth-order valence-corrected chi connectivity index (χ4v) is 1.85. The summed E-state index contributed by atoms with van der Waals surface area (Å²) in [6.45, 7) is 1.20. The molecule has 0 unspecified atom stereocenters. The lowest BCUT2D eigenvalue weighted by atomic mass is 10.0. The molecule has 0 spiro atoms. The molecule has 1 heterocycles. The highest BCUT2D eigenvalue weighted by molar-refractivity contribution is 5.64. The Morgan fingerprint density at radius 3 is 3.12 bits per heavy atom. The molecule has 1 aliphatic rings. The van der Waals surface area contributed by atoms with Crippen LogP contribution >= 0.6 is 0 Å². The third-order valence-electron chi connectivity index (χ3n) is 2.72. The molecule has 1 amide bonds. The van der Waals surface area contributed by atoms with Crippen LogP contribution in [0.4, 0.5) is 4.79 Å². The number of aryl methyl sites for hydroxylation is 1. The lowest BCUT2D eigenvalue weighted by Gasteiger charge is -2.19. The Labute approximate surface area is 94.4 Å². The van der Waals surface area contributed by atoms with E-state index in [2.05, 4.69) is 0 Å². The standard InChI is InChI=1S/C12H15NO3/c1-13(12(14)15)8-9-4-5-11-10(7-9)3-2-6-16-11/h4-5,7H,2-3,6,8H2,1H3,(H,14,15). The van der Waals surface area contributed by atoms with Gasteiger partial charge >= 0.3 is 6.09 Å². The first-order valence-corrected chi connectivity index (χ1v) is 5.35. The summed E-state index contributed by atoms with van der Waals surface area (Å²) >= 11 is 0. The van der Waals surface area contributed by atoms with Gasteiger partial charge in [0, 0.05) is 13.6 Å². The average molecular weight is 221 g/mol. The lowest BCUT2D eigenvalue weighted by Crippen LogP contribution is -2.24. The van der Waals surface area contributed by atoms with Gasteiger partial charge in [0.05, 0.1) is 6.61 Å². The minimum Gasteiger partial charge on any atom is -0.493 e. The van der Waals surface area contributed by atoms with E-state index in [4.69, 9.17) is 9.84 Å². The predicted molar refractivity (Wildman–Crippen MR) is 59.7 cm³/mol. The lowest BCUT2D eigenvalue weighted by molar-refractivity contribution is 0.153. The van der Waals surface area contributed by atoms with Gasteiger partial charge in [-0.2, -0.15) is 0 Å². The molecule has 4 heteroatoms. The van der Waals surface area contributed by atoms with E-state index in [1.807, 2.05) is 18.2 Å². The largest absolute Gasteiger partial charge is 0.493 e. The van der Waals surface area contributed by atoms with E-state index in [0.717, 1.165) is 30.8 Å². The molecule has 1 N–H and O–H groups in total. The summed E-state index contributed by atoms with van der Waals surface area (Å²) in [4.78, 5) is 12.0. The third-order valence-corrected chi connectivity index (χ3v) is 2.72. The van der Waals surface area contributed by atoms with Crippen LogP contribution in [0.25, 0.3) is 0 Å². The molecule has 0 radical (unpaired) electrons. The first-order chi connectivity index (χ1) is 7.66. The maximum absolute atomic E-state index is 10.7. The Morgan fingerprint density at radius 2 is 2.38 bits per heavy atom. The van der Waals surface area contributed by atoms with Gasteiger partial charge in [-0.05, 0) is 30.0 Å². The molecule has 0 aliphatic carbocycles. The van der Waals surface area contributed by atoms with Crippen molar-refractivity contribution >= 4 is 6.09 Å². The second kappa shape index (κ2) is 4.43. The van der Waals surface area contributed by atoms with Crippen LogP contribution in [0.1, 0.15) is 17.5 Å². The van der Waals surface area contributed by atoms with Crippen molar-refractivity contribution in [1.29, 1.82) is 0 Å².